The van der Waals surface area contributed by atoms with Gasteiger partial charge in [-0.1, -0.05) is 0 Å². The molecule has 4 atom stereocenters. The van der Waals surface area contributed by atoms with Crippen LogP contribution in [-0.2, 0) is 13.8 Å². The van der Waals surface area contributed by atoms with Gasteiger partial charge in [-0.25, -0.2) is 14.3 Å². The van der Waals surface area contributed by atoms with Crippen LogP contribution in [0.5, 0.6) is 0 Å². The minimum Gasteiger partial charge on any atom is -0.388 e. The second-order valence-electron chi connectivity index (χ2n) is 5.00. The summed E-state index contributed by atoms with van der Waals surface area (Å²) in [6, 6.07) is -0.427. The van der Waals surface area contributed by atoms with Gasteiger partial charge in [0, 0.05) is 0 Å². The number of aliphatic hydroxyl groups excluding tert-OH is 2. The third-order valence-corrected chi connectivity index (χ3v) is 3.88. The zero-order valence-corrected chi connectivity index (χ0v) is 12.7. The molecule has 13 nitrogen and oxygen atoms in total. The van der Waals surface area contributed by atoms with Gasteiger partial charge in [-0.05, 0) is 0 Å². The van der Waals surface area contributed by atoms with Crippen LogP contribution in [-0.4, -0.2) is 59.5 Å². The monoisotopic (exact) mass is 364 g/mol. The van der Waals surface area contributed by atoms with E-state index < -0.39 is 50.6 Å². The topological polar surface area (TPSA) is 203 Å². The van der Waals surface area contributed by atoms with Gasteiger partial charge in [-0.2, -0.15) is 4.98 Å². The number of imidazole rings is 1. The first-order valence-electron chi connectivity index (χ1n) is 6.52. The van der Waals surface area contributed by atoms with Crippen LogP contribution in [0.4, 0.5) is 6.01 Å². The van der Waals surface area contributed by atoms with Gasteiger partial charge in [-0.15, -0.1) is 0 Å². The summed E-state index contributed by atoms with van der Waals surface area (Å²) in [5, 5.41) is 20.0. The molecule has 1 aliphatic heterocycles. The van der Waals surface area contributed by atoms with Gasteiger partial charge in [0.05, 0.1) is 12.9 Å². The van der Waals surface area contributed by atoms with Crippen molar-refractivity contribution in [3.63, 3.8) is 0 Å². The van der Waals surface area contributed by atoms with Crippen molar-refractivity contribution in [2.75, 3.05) is 12.3 Å². The maximum absolute atomic E-state index is 11.6. The summed E-state index contributed by atoms with van der Waals surface area (Å²) in [5.74, 6) is 0. The van der Waals surface area contributed by atoms with Crippen molar-refractivity contribution in [1.29, 1.82) is 0 Å². The molecule has 0 aliphatic carbocycles. The Bertz CT molecular complexity index is 860. The normalized spacial score (nSPS) is 27.8. The number of hydrogen-bond acceptors (Lipinski definition) is 10. The first-order valence-corrected chi connectivity index (χ1v) is 8.05. The van der Waals surface area contributed by atoms with Gasteiger partial charge in [0.1, 0.15) is 18.3 Å². The van der Waals surface area contributed by atoms with Crippen LogP contribution in [0.15, 0.2) is 15.5 Å². The number of ether oxygens (including phenoxy) is 1. The Balaban J connectivity index is 1.90. The molecule has 0 amide bonds. The van der Waals surface area contributed by atoms with Crippen LogP contribution in [0.3, 0.4) is 0 Å². The Morgan fingerprint density at radius 3 is 2.75 bits per heavy atom. The molecule has 0 unspecified atom stereocenters. The second-order valence-corrected chi connectivity index (χ2v) is 6.24. The molecule has 1 saturated heterocycles. The Hall–Kier alpha value is -1.86. The average Bonchev–Trinajstić information content (AvgIpc) is 3.00. The molecule has 0 bridgehead atoms. The fraction of sp³-hybridized carbons (Fsp3) is 0.500. The van der Waals surface area contributed by atoms with Crippen LogP contribution in [0, 0.1) is 0 Å². The van der Waals surface area contributed by atoms with Gasteiger partial charge in [0.25, 0.3) is 6.01 Å². The van der Waals surface area contributed by atoms with Crippen molar-refractivity contribution in [1.82, 2.24) is 14.5 Å². The minimum atomic E-state index is -4.77. The van der Waals surface area contributed by atoms with Gasteiger partial charge in [0.15, 0.2) is 17.4 Å². The molecular formula is C10H13N4O9P. The molecule has 2 aromatic heterocycles. The van der Waals surface area contributed by atoms with E-state index in [2.05, 4.69) is 18.9 Å². The molecule has 3 heterocycles. The molecule has 0 radical (unpaired) electrons. The highest BCUT2D eigenvalue weighted by Crippen LogP contribution is 2.38. The summed E-state index contributed by atoms with van der Waals surface area (Å²) in [7, 11) is -4.77. The molecule has 6 N–H and O–H groups in total. The number of fused-ring (bicyclic) bond motifs is 1. The highest BCUT2D eigenvalue weighted by molar-refractivity contribution is 7.46. The van der Waals surface area contributed by atoms with Gasteiger partial charge < -0.3 is 34.9 Å². The highest BCUT2D eigenvalue weighted by atomic mass is 31.2. The van der Waals surface area contributed by atoms with Crippen LogP contribution >= 0.6 is 7.82 Å². The van der Waals surface area contributed by atoms with E-state index in [1.807, 2.05) is 0 Å². The van der Waals surface area contributed by atoms with Crippen LogP contribution < -0.4 is 11.4 Å². The van der Waals surface area contributed by atoms with Crippen molar-refractivity contribution in [3.8, 4) is 0 Å². The smallest absolute Gasteiger partial charge is 0.388 e. The van der Waals surface area contributed by atoms with Crippen LogP contribution in [0.25, 0.3) is 11.2 Å². The summed E-state index contributed by atoms with van der Waals surface area (Å²) in [6.07, 6.45) is -4.34. The third-order valence-electron chi connectivity index (χ3n) is 3.39. The summed E-state index contributed by atoms with van der Waals surface area (Å²) in [4.78, 5) is 36.6. The van der Waals surface area contributed by atoms with Crippen LogP contribution in [0.1, 0.15) is 6.23 Å². The van der Waals surface area contributed by atoms with Crippen molar-refractivity contribution in [2.24, 2.45) is 0 Å². The summed E-state index contributed by atoms with van der Waals surface area (Å²) < 4.78 is 26.1. The number of nitrogens with two attached hydrogens (primary N) is 1. The van der Waals surface area contributed by atoms with Gasteiger partial charge >= 0.3 is 13.4 Å². The zero-order chi connectivity index (χ0) is 17.6. The number of hydrogen-bond donors (Lipinski definition) is 5. The average molecular weight is 364 g/mol. The molecule has 1 fully saturated rings. The van der Waals surface area contributed by atoms with E-state index in [1.54, 1.807) is 0 Å². The lowest BCUT2D eigenvalue weighted by atomic mass is 10.1. The Morgan fingerprint density at radius 1 is 1.38 bits per heavy atom. The van der Waals surface area contributed by atoms with E-state index in [1.165, 1.54) is 0 Å². The van der Waals surface area contributed by atoms with Crippen molar-refractivity contribution in [3.05, 3.63) is 16.7 Å². The fourth-order valence-electron chi connectivity index (χ4n) is 2.33. The van der Waals surface area contributed by atoms with E-state index in [4.69, 9.17) is 20.3 Å². The lowest BCUT2D eigenvalue weighted by molar-refractivity contribution is -0.0504. The quantitative estimate of drug-likeness (QED) is 0.363. The SMILES string of the molecule is Nc1nc2c(ncn2[C@@H]2O[C@H](COP(=O)(O)O)[C@@H](O)[C@H]2O)c(=O)o1. The Kier molecular flexibility index (Phi) is 4.17. The van der Waals surface area contributed by atoms with E-state index in [-0.39, 0.29) is 11.2 Å². The number of nitrogen functional groups attached to an aromatic ring is 1. The van der Waals surface area contributed by atoms with Crippen molar-refractivity contribution < 1.29 is 38.2 Å². The zero-order valence-electron chi connectivity index (χ0n) is 11.8. The second kappa shape index (κ2) is 5.89. The fourth-order valence-corrected chi connectivity index (χ4v) is 2.67. The first-order chi connectivity index (χ1) is 11.2. The molecule has 1 aliphatic rings. The molecule has 3 rings (SSSR count). The standard InChI is InChI=1S/C10H13N4O9P/c11-10-13-7-4(9(17)23-10)12-2-14(7)8-6(16)5(15)3(22-8)1-21-24(18,19)20/h2-3,5-6,8,15-16H,1H2,(H2,11,13)(H2,18,19,20)/t3-,5-,6-,8-/m1/s1. The number of anilines is 1. The van der Waals surface area contributed by atoms with Crippen molar-refractivity contribution >= 4 is 25.0 Å². The largest absolute Gasteiger partial charge is 0.469 e. The summed E-state index contributed by atoms with van der Waals surface area (Å²) in [6.45, 7) is -0.663. The summed E-state index contributed by atoms with van der Waals surface area (Å²) >= 11 is 0. The van der Waals surface area contributed by atoms with Gasteiger partial charge in [0.2, 0.25) is 0 Å². The number of phosphoric ester groups is 1. The predicted octanol–water partition coefficient (Wildman–Crippen LogP) is -2.30. The maximum atomic E-state index is 11.6. The number of rotatable bonds is 4. The lowest BCUT2D eigenvalue weighted by Crippen LogP contribution is -2.33. The van der Waals surface area contributed by atoms with Crippen molar-refractivity contribution in [2.45, 2.75) is 24.5 Å². The van der Waals surface area contributed by atoms with Gasteiger partial charge in [-0.3, -0.25) is 9.09 Å². The molecular weight excluding hydrogens is 351 g/mol. The third kappa shape index (κ3) is 3.06. The number of aliphatic hydroxyl groups is 2. The molecule has 2 aromatic rings. The molecule has 14 heteroatoms. The lowest BCUT2D eigenvalue weighted by Gasteiger charge is -2.16. The highest BCUT2D eigenvalue weighted by Gasteiger charge is 2.45. The van der Waals surface area contributed by atoms with E-state index in [9.17, 15) is 19.6 Å². The van der Waals surface area contributed by atoms with Crippen LogP contribution in [0.2, 0.25) is 0 Å². The molecule has 132 valence electrons. The van der Waals surface area contributed by atoms with E-state index in [0.717, 1.165) is 10.9 Å². The Labute approximate surface area is 132 Å². The minimum absolute atomic E-state index is 0.0449. The number of nitrogens with zero attached hydrogens (tertiary/aromatic N) is 3. The summed E-state index contributed by atoms with van der Waals surface area (Å²) in [5.41, 5.74) is 4.31. The van der Waals surface area contributed by atoms with E-state index >= 15 is 0 Å². The molecule has 0 saturated carbocycles. The molecule has 0 aromatic carbocycles. The first kappa shape index (κ1) is 17.0. The number of aromatic nitrogens is 3. The maximum Gasteiger partial charge on any atom is 0.469 e. The molecule has 0 spiro atoms. The predicted molar refractivity (Wildman–Crippen MR) is 74.4 cm³/mol. The van der Waals surface area contributed by atoms with E-state index in [0.29, 0.717) is 0 Å². The molecule has 24 heavy (non-hydrogen) atoms. The Morgan fingerprint density at radius 2 is 2.08 bits per heavy atom. The number of phosphoric acid groups is 1.